The molecule has 1 aromatic rings. The van der Waals surface area contributed by atoms with Crippen LogP contribution < -0.4 is 5.32 Å². The Kier molecular flexibility index (Phi) is 4.89. The summed E-state index contributed by atoms with van der Waals surface area (Å²) in [5.74, 6) is -0.310. The smallest absolute Gasteiger partial charge is 0.274 e. The van der Waals surface area contributed by atoms with E-state index < -0.39 is 0 Å². The van der Waals surface area contributed by atoms with Gasteiger partial charge in [0, 0.05) is 50.5 Å². The van der Waals surface area contributed by atoms with Crippen LogP contribution in [0.4, 0.5) is 0 Å². The molecule has 1 N–H and O–H groups in total. The highest BCUT2D eigenvalue weighted by Gasteiger charge is 2.41. The van der Waals surface area contributed by atoms with Gasteiger partial charge in [-0.15, -0.1) is 0 Å². The fraction of sp³-hybridized carbons (Fsp3) is 0.684. The second kappa shape index (κ2) is 7.31. The monoisotopic (exact) mass is 357 g/mol. The molecule has 1 spiro atoms. The Morgan fingerprint density at radius 3 is 2.23 bits per heavy atom. The van der Waals surface area contributed by atoms with E-state index in [1.807, 2.05) is 4.90 Å². The van der Waals surface area contributed by atoms with Crippen LogP contribution in [0.5, 0.6) is 0 Å². The summed E-state index contributed by atoms with van der Waals surface area (Å²) in [4.78, 5) is 38.2. The molecule has 26 heavy (non-hydrogen) atoms. The molecule has 4 rings (SSSR count). The van der Waals surface area contributed by atoms with Gasteiger partial charge < -0.3 is 15.1 Å². The molecule has 0 radical (unpaired) electrons. The molecule has 1 aromatic heterocycles. The van der Waals surface area contributed by atoms with E-state index in [1.165, 1.54) is 12.4 Å². The maximum Gasteiger partial charge on any atom is 0.274 e. The third-order valence-corrected chi connectivity index (χ3v) is 6.03. The number of amides is 2. The Labute approximate surface area is 154 Å². The average Bonchev–Trinajstić information content (AvgIpc) is 3.11. The molecule has 3 aliphatic rings. The van der Waals surface area contributed by atoms with Gasteiger partial charge in [-0.3, -0.25) is 9.59 Å². The van der Waals surface area contributed by atoms with Crippen LogP contribution in [-0.4, -0.2) is 70.9 Å². The maximum absolute atomic E-state index is 13.1. The fourth-order valence-electron chi connectivity index (χ4n) is 4.53. The van der Waals surface area contributed by atoms with Gasteiger partial charge in [-0.25, -0.2) is 9.97 Å². The van der Waals surface area contributed by atoms with E-state index in [1.54, 1.807) is 4.90 Å². The molecule has 1 atom stereocenters. The van der Waals surface area contributed by atoms with Crippen molar-refractivity contribution in [3.05, 3.63) is 23.8 Å². The molecule has 0 aliphatic carbocycles. The van der Waals surface area contributed by atoms with Gasteiger partial charge >= 0.3 is 0 Å². The van der Waals surface area contributed by atoms with Crippen LogP contribution in [0.15, 0.2) is 12.4 Å². The first-order chi connectivity index (χ1) is 12.7. The summed E-state index contributed by atoms with van der Waals surface area (Å²) in [6.07, 6.45) is 9.52. The highest BCUT2D eigenvalue weighted by Crippen LogP contribution is 2.37. The third-order valence-electron chi connectivity index (χ3n) is 6.03. The first-order valence-electron chi connectivity index (χ1n) is 9.79. The molecule has 2 amide bonds. The molecule has 7 nitrogen and oxygen atoms in total. The zero-order valence-corrected chi connectivity index (χ0v) is 15.2. The maximum atomic E-state index is 13.1. The lowest BCUT2D eigenvalue weighted by atomic mass is 9.80. The SMILES string of the molecule is O=C(c1nccnc1C(=O)N1CC[C@@]2(CCCNC2)C1)N1CCCCC1. The number of rotatable bonds is 2. The summed E-state index contributed by atoms with van der Waals surface area (Å²) in [5, 5.41) is 3.46. The van der Waals surface area contributed by atoms with Crippen LogP contribution in [-0.2, 0) is 0 Å². The van der Waals surface area contributed by atoms with Crippen LogP contribution >= 0.6 is 0 Å². The number of nitrogens with zero attached hydrogens (tertiary/aromatic N) is 4. The summed E-state index contributed by atoms with van der Waals surface area (Å²) in [7, 11) is 0. The van der Waals surface area contributed by atoms with Crippen LogP contribution in [0.1, 0.15) is 59.5 Å². The van der Waals surface area contributed by atoms with E-state index in [0.717, 1.165) is 77.8 Å². The molecular formula is C19H27N5O2. The molecular weight excluding hydrogens is 330 g/mol. The predicted molar refractivity (Wildman–Crippen MR) is 96.8 cm³/mol. The van der Waals surface area contributed by atoms with Crippen molar-refractivity contribution in [3.8, 4) is 0 Å². The molecule has 0 bridgehead atoms. The highest BCUT2D eigenvalue weighted by molar-refractivity contribution is 6.04. The normalized spacial score (nSPS) is 26.3. The first kappa shape index (κ1) is 17.4. The quantitative estimate of drug-likeness (QED) is 0.864. The van der Waals surface area contributed by atoms with Crippen LogP contribution in [0.2, 0.25) is 0 Å². The summed E-state index contributed by atoms with van der Waals surface area (Å²) in [6.45, 7) is 4.98. The standard InChI is InChI=1S/C19H27N5O2/c25-17(23-10-2-1-3-11-23)15-16(22-9-8-21-15)18(26)24-12-6-19(14-24)5-4-7-20-13-19/h8-9,20H,1-7,10-14H2/t19-/m1/s1. The Bertz CT molecular complexity index is 680. The second-order valence-electron chi connectivity index (χ2n) is 7.86. The zero-order chi connectivity index (χ0) is 18.0. The van der Waals surface area contributed by atoms with Gasteiger partial charge in [-0.2, -0.15) is 0 Å². The fourth-order valence-corrected chi connectivity index (χ4v) is 4.53. The van der Waals surface area contributed by atoms with Crippen molar-refractivity contribution in [2.24, 2.45) is 5.41 Å². The van der Waals surface area contributed by atoms with E-state index in [2.05, 4.69) is 15.3 Å². The minimum atomic E-state index is -0.158. The van der Waals surface area contributed by atoms with Crippen molar-refractivity contribution >= 4 is 11.8 Å². The lowest BCUT2D eigenvalue weighted by Crippen LogP contribution is -2.43. The Hall–Kier alpha value is -2.02. The molecule has 7 heteroatoms. The Morgan fingerprint density at radius 2 is 1.58 bits per heavy atom. The van der Waals surface area contributed by atoms with Gasteiger partial charge in [0.1, 0.15) is 0 Å². The van der Waals surface area contributed by atoms with Crippen molar-refractivity contribution in [3.63, 3.8) is 0 Å². The predicted octanol–water partition coefficient (Wildman–Crippen LogP) is 1.32. The van der Waals surface area contributed by atoms with Gasteiger partial charge in [-0.05, 0) is 45.1 Å². The second-order valence-corrected chi connectivity index (χ2v) is 7.86. The molecule has 4 heterocycles. The van der Waals surface area contributed by atoms with Gasteiger partial charge in [0.05, 0.1) is 0 Å². The van der Waals surface area contributed by atoms with Crippen molar-refractivity contribution in [2.45, 2.75) is 38.5 Å². The minimum absolute atomic E-state index is 0.152. The molecule has 0 unspecified atom stereocenters. The lowest BCUT2D eigenvalue weighted by molar-refractivity contribution is 0.0691. The number of aromatic nitrogens is 2. The van der Waals surface area contributed by atoms with Crippen LogP contribution in [0.25, 0.3) is 0 Å². The number of nitrogens with one attached hydrogen (secondary N) is 1. The van der Waals surface area contributed by atoms with Crippen LogP contribution in [0.3, 0.4) is 0 Å². The number of hydrogen-bond acceptors (Lipinski definition) is 5. The molecule has 3 fully saturated rings. The zero-order valence-electron chi connectivity index (χ0n) is 15.2. The largest absolute Gasteiger partial charge is 0.337 e. The Morgan fingerprint density at radius 1 is 0.885 bits per heavy atom. The summed E-state index contributed by atoms with van der Waals surface area (Å²) >= 11 is 0. The first-order valence-corrected chi connectivity index (χ1v) is 9.79. The molecule has 140 valence electrons. The molecule has 0 aromatic carbocycles. The summed E-state index contributed by atoms with van der Waals surface area (Å²) < 4.78 is 0. The average molecular weight is 357 g/mol. The molecule has 3 saturated heterocycles. The lowest BCUT2D eigenvalue weighted by Gasteiger charge is -2.33. The van der Waals surface area contributed by atoms with E-state index in [4.69, 9.17) is 0 Å². The van der Waals surface area contributed by atoms with Gasteiger partial charge in [0.2, 0.25) is 0 Å². The minimum Gasteiger partial charge on any atom is -0.337 e. The number of carbonyl (C=O) groups is 2. The number of hydrogen-bond donors (Lipinski definition) is 1. The van der Waals surface area contributed by atoms with Gasteiger partial charge in [-0.1, -0.05) is 0 Å². The van der Waals surface area contributed by atoms with Crippen molar-refractivity contribution in [1.82, 2.24) is 25.1 Å². The number of likely N-dealkylation sites (tertiary alicyclic amines) is 2. The van der Waals surface area contributed by atoms with Crippen molar-refractivity contribution in [1.29, 1.82) is 0 Å². The molecule has 3 aliphatic heterocycles. The number of carbonyl (C=O) groups excluding carboxylic acids is 2. The number of piperidine rings is 2. The summed E-state index contributed by atoms with van der Waals surface area (Å²) in [6, 6.07) is 0. The summed E-state index contributed by atoms with van der Waals surface area (Å²) in [5.41, 5.74) is 0.610. The van der Waals surface area contributed by atoms with E-state index in [0.29, 0.717) is 0 Å². The molecule has 0 saturated carbocycles. The van der Waals surface area contributed by atoms with Crippen LogP contribution in [0, 0.1) is 5.41 Å². The van der Waals surface area contributed by atoms with E-state index in [-0.39, 0.29) is 28.6 Å². The topological polar surface area (TPSA) is 78.4 Å². The van der Waals surface area contributed by atoms with Crippen molar-refractivity contribution in [2.75, 3.05) is 39.3 Å². The van der Waals surface area contributed by atoms with Crippen molar-refractivity contribution < 1.29 is 9.59 Å². The van der Waals surface area contributed by atoms with Gasteiger partial charge in [0.15, 0.2) is 11.4 Å². The van der Waals surface area contributed by atoms with E-state index >= 15 is 0 Å². The highest BCUT2D eigenvalue weighted by atomic mass is 16.2. The third kappa shape index (κ3) is 3.32. The van der Waals surface area contributed by atoms with E-state index in [9.17, 15) is 9.59 Å². The Balaban J connectivity index is 1.52. The van der Waals surface area contributed by atoms with Gasteiger partial charge in [0.25, 0.3) is 11.8 Å².